The van der Waals surface area contributed by atoms with Crippen molar-refractivity contribution in [3.8, 4) is 0 Å². The first-order chi connectivity index (χ1) is 10.4. The van der Waals surface area contributed by atoms with Crippen LogP contribution in [0.3, 0.4) is 0 Å². The van der Waals surface area contributed by atoms with Gasteiger partial charge in [-0.05, 0) is 36.9 Å². The van der Waals surface area contributed by atoms with Gasteiger partial charge in [0.1, 0.15) is 0 Å². The Morgan fingerprint density at radius 3 is 2.41 bits per heavy atom. The topological polar surface area (TPSA) is 51.0 Å². The number of nitrogens with zero attached hydrogens (tertiary/aromatic N) is 2. The van der Waals surface area contributed by atoms with Gasteiger partial charge in [0, 0.05) is 18.9 Å². The van der Waals surface area contributed by atoms with Gasteiger partial charge in [-0.15, -0.1) is 0 Å². The van der Waals surface area contributed by atoms with E-state index in [0.717, 1.165) is 31.0 Å². The van der Waals surface area contributed by atoms with Crippen molar-refractivity contribution in [2.24, 2.45) is 0 Å². The molecule has 0 spiro atoms. The number of rotatable bonds is 6. The van der Waals surface area contributed by atoms with Crippen LogP contribution in [0.4, 0.5) is 0 Å². The molecule has 0 aliphatic carbocycles. The van der Waals surface area contributed by atoms with Crippen LogP contribution >= 0.6 is 0 Å². The quantitative estimate of drug-likeness (QED) is 0.889. The molecule has 4 heteroatoms. The number of nitrogens with one attached hydrogen (secondary N) is 1. The number of aromatic nitrogens is 2. The Kier molecular flexibility index (Phi) is 5.35. The van der Waals surface area contributed by atoms with Crippen LogP contribution in [-0.2, 0) is 24.7 Å². The van der Waals surface area contributed by atoms with Gasteiger partial charge < -0.3 is 9.84 Å². The van der Waals surface area contributed by atoms with Gasteiger partial charge in [-0.3, -0.25) is 0 Å². The van der Waals surface area contributed by atoms with Gasteiger partial charge in [0.15, 0.2) is 5.82 Å². The van der Waals surface area contributed by atoms with E-state index < -0.39 is 0 Å². The highest BCUT2D eigenvalue weighted by atomic mass is 16.5. The molecule has 1 atom stereocenters. The van der Waals surface area contributed by atoms with Crippen LogP contribution in [0.2, 0.25) is 0 Å². The second-order valence-corrected chi connectivity index (χ2v) is 6.95. The molecule has 120 valence electrons. The van der Waals surface area contributed by atoms with Gasteiger partial charge in [0.05, 0.1) is 0 Å². The first-order valence-electron chi connectivity index (χ1n) is 7.96. The zero-order chi connectivity index (χ0) is 16.2. The van der Waals surface area contributed by atoms with Gasteiger partial charge in [0.2, 0.25) is 5.89 Å². The number of hydrogen-bond acceptors (Lipinski definition) is 4. The molecule has 0 saturated carbocycles. The summed E-state index contributed by atoms with van der Waals surface area (Å²) in [6, 6.07) is 9.17. The smallest absolute Gasteiger partial charge is 0.226 e. The number of benzene rings is 1. The van der Waals surface area contributed by atoms with Crippen LogP contribution in [0.1, 0.15) is 50.5 Å². The second kappa shape index (κ2) is 7.05. The SMILES string of the molecule is CNC(C)Cc1noc(CCc2ccc(C(C)(C)C)cc2)n1. The lowest BCUT2D eigenvalue weighted by molar-refractivity contribution is 0.371. The summed E-state index contributed by atoms with van der Waals surface area (Å²) in [5.41, 5.74) is 2.86. The van der Waals surface area contributed by atoms with E-state index in [4.69, 9.17) is 4.52 Å². The van der Waals surface area contributed by atoms with Crippen molar-refractivity contribution in [1.29, 1.82) is 0 Å². The normalized spacial score (nSPS) is 13.3. The minimum absolute atomic E-state index is 0.198. The predicted octanol–water partition coefficient (Wildman–Crippen LogP) is 3.30. The summed E-state index contributed by atoms with van der Waals surface area (Å²) in [5, 5.41) is 7.21. The van der Waals surface area contributed by atoms with Crippen molar-refractivity contribution < 1.29 is 4.52 Å². The molecule has 22 heavy (non-hydrogen) atoms. The molecule has 1 aromatic heterocycles. The number of aryl methyl sites for hydroxylation is 2. The molecule has 1 aromatic carbocycles. The highest BCUT2D eigenvalue weighted by Crippen LogP contribution is 2.22. The van der Waals surface area contributed by atoms with E-state index in [9.17, 15) is 0 Å². The summed E-state index contributed by atoms with van der Waals surface area (Å²) < 4.78 is 5.32. The number of likely N-dealkylation sites (N-methyl/N-ethyl adjacent to an activating group) is 1. The van der Waals surface area contributed by atoms with Crippen LogP contribution in [0.15, 0.2) is 28.8 Å². The van der Waals surface area contributed by atoms with E-state index in [-0.39, 0.29) is 5.41 Å². The average molecular weight is 301 g/mol. The van der Waals surface area contributed by atoms with Crippen LogP contribution in [0.25, 0.3) is 0 Å². The Bertz CT molecular complexity index is 581. The monoisotopic (exact) mass is 301 g/mol. The van der Waals surface area contributed by atoms with Crippen LogP contribution in [0.5, 0.6) is 0 Å². The standard InChI is InChI=1S/C18H27N3O/c1-13(19-5)12-16-20-17(22-21-16)11-8-14-6-9-15(10-7-14)18(2,3)4/h6-7,9-10,13,19H,8,11-12H2,1-5H3. The van der Waals surface area contributed by atoms with E-state index in [1.807, 2.05) is 7.05 Å². The summed E-state index contributed by atoms with van der Waals surface area (Å²) in [7, 11) is 1.94. The highest BCUT2D eigenvalue weighted by molar-refractivity contribution is 5.27. The van der Waals surface area contributed by atoms with E-state index >= 15 is 0 Å². The van der Waals surface area contributed by atoms with Gasteiger partial charge in [-0.1, -0.05) is 50.2 Å². The van der Waals surface area contributed by atoms with Crippen molar-refractivity contribution in [1.82, 2.24) is 15.5 Å². The summed E-state index contributed by atoms with van der Waals surface area (Å²) in [6.07, 6.45) is 2.50. The minimum Gasteiger partial charge on any atom is -0.339 e. The van der Waals surface area contributed by atoms with Crippen LogP contribution in [0, 0.1) is 0 Å². The Morgan fingerprint density at radius 2 is 1.82 bits per heavy atom. The lowest BCUT2D eigenvalue weighted by Gasteiger charge is -2.19. The van der Waals surface area contributed by atoms with Crippen molar-refractivity contribution in [2.45, 2.75) is 58.4 Å². The fourth-order valence-corrected chi connectivity index (χ4v) is 2.27. The molecule has 1 N–H and O–H groups in total. The first-order valence-corrected chi connectivity index (χ1v) is 7.96. The lowest BCUT2D eigenvalue weighted by atomic mass is 9.86. The maximum atomic E-state index is 5.32. The summed E-state index contributed by atoms with van der Waals surface area (Å²) in [6.45, 7) is 8.79. The molecular weight excluding hydrogens is 274 g/mol. The maximum absolute atomic E-state index is 5.32. The van der Waals surface area contributed by atoms with E-state index in [1.54, 1.807) is 0 Å². The molecule has 0 aliphatic rings. The predicted molar refractivity (Wildman–Crippen MR) is 89.1 cm³/mol. The Labute approximate surface area is 133 Å². The van der Waals surface area contributed by atoms with Gasteiger partial charge in [0.25, 0.3) is 0 Å². The van der Waals surface area contributed by atoms with Crippen molar-refractivity contribution >= 4 is 0 Å². The van der Waals surface area contributed by atoms with E-state index in [2.05, 4.69) is 67.4 Å². The Hall–Kier alpha value is -1.68. The Balaban J connectivity index is 1.90. The van der Waals surface area contributed by atoms with E-state index in [0.29, 0.717) is 6.04 Å². The fourth-order valence-electron chi connectivity index (χ4n) is 2.27. The molecule has 0 aliphatic heterocycles. The maximum Gasteiger partial charge on any atom is 0.226 e. The molecule has 0 fully saturated rings. The highest BCUT2D eigenvalue weighted by Gasteiger charge is 2.13. The summed E-state index contributed by atoms with van der Waals surface area (Å²) in [5.74, 6) is 1.50. The lowest BCUT2D eigenvalue weighted by Crippen LogP contribution is -2.24. The van der Waals surface area contributed by atoms with Crippen molar-refractivity contribution in [2.75, 3.05) is 7.05 Å². The molecule has 1 unspecified atom stereocenters. The number of hydrogen-bond donors (Lipinski definition) is 1. The molecule has 2 aromatic rings. The zero-order valence-electron chi connectivity index (χ0n) is 14.3. The third kappa shape index (κ3) is 4.67. The minimum atomic E-state index is 0.198. The third-order valence-electron chi connectivity index (χ3n) is 3.94. The molecule has 4 nitrogen and oxygen atoms in total. The zero-order valence-corrected chi connectivity index (χ0v) is 14.3. The average Bonchev–Trinajstić information content (AvgIpc) is 2.92. The molecule has 0 saturated heterocycles. The van der Waals surface area contributed by atoms with Crippen LogP contribution in [-0.4, -0.2) is 23.2 Å². The molecule has 1 heterocycles. The first kappa shape index (κ1) is 16.7. The molecule has 2 rings (SSSR count). The van der Waals surface area contributed by atoms with Crippen LogP contribution < -0.4 is 5.32 Å². The summed E-state index contributed by atoms with van der Waals surface area (Å²) in [4.78, 5) is 4.45. The van der Waals surface area contributed by atoms with Crippen molar-refractivity contribution in [3.05, 3.63) is 47.1 Å². The van der Waals surface area contributed by atoms with Gasteiger partial charge in [-0.2, -0.15) is 4.98 Å². The van der Waals surface area contributed by atoms with Gasteiger partial charge in [-0.25, -0.2) is 0 Å². The van der Waals surface area contributed by atoms with E-state index in [1.165, 1.54) is 11.1 Å². The molecule has 0 radical (unpaired) electrons. The molecular formula is C18H27N3O. The van der Waals surface area contributed by atoms with Crippen molar-refractivity contribution in [3.63, 3.8) is 0 Å². The largest absolute Gasteiger partial charge is 0.339 e. The van der Waals surface area contributed by atoms with Gasteiger partial charge >= 0.3 is 0 Å². The molecule has 0 amide bonds. The summed E-state index contributed by atoms with van der Waals surface area (Å²) >= 11 is 0. The third-order valence-corrected chi connectivity index (χ3v) is 3.94. The second-order valence-electron chi connectivity index (χ2n) is 6.95. The molecule has 0 bridgehead atoms. The fraction of sp³-hybridized carbons (Fsp3) is 0.556. The Morgan fingerprint density at radius 1 is 1.14 bits per heavy atom.